The van der Waals surface area contributed by atoms with Crippen LogP contribution in [0.3, 0.4) is 0 Å². The lowest BCUT2D eigenvalue weighted by molar-refractivity contribution is -0.136. The molecule has 1 heterocycles. The molecule has 0 radical (unpaired) electrons. The lowest BCUT2D eigenvalue weighted by Crippen LogP contribution is -2.09. The van der Waals surface area contributed by atoms with E-state index in [1.165, 1.54) is 0 Å². The molecule has 1 rings (SSSR count). The molecule has 1 N–H and O–H groups in total. The van der Waals surface area contributed by atoms with Gasteiger partial charge >= 0.3 is 5.97 Å². The molecular formula is C9H7ClF2INO2. The van der Waals surface area contributed by atoms with Gasteiger partial charge < -0.3 is 5.11 Å². The second kappa shape index (κ2) is 5.72. The highest BCUT2D eigenvalue weighted by Gasteiger charge is 2.21. The predicted molar refractivity (Wildman–Crippen MR) is 62.8 cm³/mol. The van der Waals surface area contributed by atoms with Gasteiger partial charge in [0.25, 0.3) is 6.43 Å². The Bertz CT molecular complexity index is 415. The third kappa shape index (κ3) is 3.00. The molecule has 7 heteroatoms. The molecular weight excluding hydrogens is 354 g/mol. The van der Waals surface area contributed by atoms with E-state index >= 15 is 0 Å². The van der Waals surface area contributed by atoms with Crippen LogP contribution in [0.25, 0.3) is 0 Å². The van der Waals surface area contributed by atoms with Gasteiger partial charge in [-0.15, -0.1) is 11.6 Å². The zero-order chi connectivity index (χ0) is 12.3. The molecule has 0 spiro atoms. The fourth-order valence-corrected chi connectivity index (χ4v) is 2.41. The van der Waals surface area contributed by atoms with Crippen molar-refractivity contribution in [1.82, 2.24) is 4.98 Å². The third-order valence-electron chi connectivity index (χ3n) is 1.95. The first kappa shape index (κ1) is 13.6. The van der Waals surface area contributed by atoms with E-state index in [1.807, 2.05) is 0 Å². The van der Waals surface area contributed by atoms with Crippen LogP contribution < -0.4 is 0 Å². The summed E-state index contributed by atoms with van der Waals surface area (Å²) in [5.74, 6) is -1.29. The highest BCUT2D eigenvalue weighted by Crippen LogP contribution is 2.30. The predicted octanol–water partition coefficient (Wildman–Crippen LogP) is 2.99. The van der Waals surface area contributed by atoms with Gasteiger partial charge in [0, 0.05) is 17.3 Å². The van der Waals surface area contributed by atoms with Crippen molar-refractivity contribution in [2.45, 2.75) is 18.7 Å². The van der Waals surface area contributed by atoms with Gasteiger partial charge in [0.15, 0.2) is 0 Å². The molecule has 0 saturated carbocycles. The summed E-state index contributed by atoms with van der Waals surface area (Å²) in [6, 6.07) is 0. The third-order valence-corrected chi connectivity index (χ3v) is 3.14. The lowest BCUT2D eigenvalue weighted by atomic mass is 10.0. The highest BCUT2D eigenvalue weighted by molar-refractivity contribution is 14.1. The fourth-order valence-electron chi connectivity index (χ4n) is 1.29. The Morgan fingerprint density at radius 3 is 2.69 bits per heavy atom. The van der Waals surface area contributed by atoms with Gasteiger partial charge in [0.1, 0.15) is 3.70 Å². The number of hydrogen-bond donors (Lipinski definition) is 1. The number of carboxylic acids is 1. The molecule has 1 aromatic heterocycles. The normalized spacial score (nSPS) is 10.8. The average Bonchev–Trinajstić information content (AvgIpc) is 2.18. The number of halogens is 4. The van der Waals surface area contributed by atoms with Crippen molar-refractivity contribution in [1.29, 1.82) is 0 Å². The molecule has 88 valence electrons. The molecule has 0 atom stereocenters. The molecule has 0 unspecified atom stereocenters. The summed E-state index contributed by atoms with van der Waals surface area (Å²) in [7, 11) is 0. The molecule has 0 aliphatic carbocycles. The van der Waals surface area contributed by atoms with E-state index in [2.05, 4.69) is 4.98 Å². The molecule has 0 aliphatic heterocycles. The standard InChI is InChI=1S/C9H7ClF2INO2/c10-2-5-7(8(11)12)4(1-6(15)16)3-14-9(5)13/h3,8H,1-2H2,(H,15,16). The van der Waals surface area contributed by atoms with Crippen LogP contribution in [0.15, 0.2) is 6.20 Å². The Balaban J connectivity index is 3.32. The van der Waals surface area contributed by atoms with Gasteiger partial charge in [-0.1, -0.05) is 0 Å². The van der Waals surface area contributed by atoms with Crippen LogP contribution in [0.1, 0.15) is 23.1 Å². The van der Waals surface area contributed by atoms with Gasteiger partial charge in [-0.3, -0.25) is 4.79 Å². The van der Waals surface area contributed by atoms with Crippen molar-refractivity contribution >= 4 is 40.2 Å². The summed E-state index contributed by atoms with van der Waals surface area (Å²) < 4.78 is 26.0. The Morgan fingerprint density at radius 1 is 1.62 bits per heavy atom. The molecule has 0 saturated heterocycles. The van der Waals surface area contributed by atoms with Crippen molar-refractivity contribution in [3.8, 4) is 0 Å². The highest BCUT2D eigenvalue weighted by atomic mass is 127. The minimum absolute atomic E-state index is 0.0126. The monoisotopic (exact) mass is 361 g/mol. The van der Waals surface area contributed by atoms with Crippen LogP contribution in [0, 0.1) is 3.70 Å². The summed E-state index contributed by atoms with van der Waals surface area (Å²) in [5.41, 5.74) is -0.0913. The van der Waals surface area contributed by atoms with Gasteiger partial charge in [-0.25, -0.2) is 13.8 Å². The van der Waals surface area contributed by atoms with E-state index in [9.17, 15) is 13.6 Å². The van der Waals surface area contributed by atoms with Gasteiger partial charge in [-0.05, 0) is 28.2 Å². The smallest absolute Gasteiger partial charge is 0.307 e. The molecule has 1 aromatic rings. The molecule has 0 aromatic carbocycles. The maximum Gasteiger partial charge on any atom is 0.307 e. The van der Waals surface area contributed by atoms with Crippen LogP contribution in [-0.4, -0.2) is 16.1 Å². The number of aliphatic carboxylic acids is 1. The van der Waals surface area contributed by atoms with Crippen molar-refractivity contribution in [2.75, 3.05) is 0 Å². The Morgan fingerprint density at radius 2 is 2.25 bits per heavy atom. The first-order chi connectivity index (χ1) is 7.47. The molecule has 16 heavy (non-hydrogen) atoms. The van der Waals surface area contributed by atoms with Gasteiger partial charge in [0.05, 0.1) is 12.3 Å². The molecule has 0 aliphatic rings. The zero-order valence-electron chi connectivity index (χ0n) is 7.88. The first-order valence-electron chi connectivity index (χ1n) is 4.19. The number of pyridine rings is 1. The number of carboxylic acid groups (broad SMARTS) is 1. The Labute approximate surface area is 109 Å². The van der Waals surface area contributed by atoms with Crippen LogP contribution in [0.5, 0.6) is 0 Å². The number of rotatable bonds is 4. The van der Waals surface area contributed by atoms with E-state index in [-0.39, 0.29) is 22.6 Å². The summed E-state index contributed by atoms with van der Waals surface area (Å²) >= 11 is 7.36. The minimum Gasteiger partial charge on any atom is -0.481 e. The van der Waals surface area contributed by atoms with Crippen molar-refractivity contribution < 1.29 is 18.7 Å². The maximum absolute atomic E-state index is 12.8. The largest absolute Gasteiger partial charge is 0.481 e. The number of hydrogen-bond acceptors (Lipinski definition) is 2. The number of alkyl halides is 3. The molecule has 3 nitrogen and oxygen atoms in total. The minimum atomic E-state index is -2.75. The summed E-state index contributed by atoms with van der Waals surface area (Å²) in [5, 5.41) is 8.60. The number of nitrogens with zero attached hydrogens (tertiary/aromatic N) is 1. The Hall–Kier alpha value is -0.500. The number of carbonyl (C=O) groups is 1. The van der Waals surface area contributed by atoms with Crippen molar-refractivity contribution in [3.63, 3.8) is 0 Å². The molecule has 0 bridgehead atoms. The Kier molecular flexibility index (Phi) is 4.85. The summed E-state index contributed by atoms with van der Waals surface area (Å²) in [4.78, 5) is 14.4. The van der Waals surface area contributed by atoms with E-state index in [1.54, 1.807) is 22.6 Å². The van der Waals surface area contributed by atoms with E-state index in [4.69, 9.17) is 16.7 Å². The first-order valence-corrected chi connectivity index (χ1v) is 5.80. The van der Waals surface area contributed by atoms with Crippen LogP contribution in [-0.2, 0) is 17.1 Å². The van der Waals surface area contributed by atoms with E-state index in [0.29, 0.717) is 3.70 Å². The van der Waals surface area contributed by atoms with Crippen LogP contribution >= 0.6 is 34.2 Å². The van der Waals surface area contributed by atoms with Crippen LogP contribution in [0.2, 0.25) is 0 Å². The van der Waals surface area contributed by atoms with Crippen LogP contribution in [0.4, 0.5) is 8.78 Å². The number of aromatic nitrogens is 1. The fraction of sp³-hybridized carbons (Fsp3) is 0.333. The topological polar surface area (TPSA) is 50.2 Å². The zero-order valence-corrected chi connectivity index (χ0v) is 10.8. The summed E-state index contributed by atoms with van der Waals surface area (Å²) in [6.45, 7) is 0. The van der Waals surface area contributed by atoms with Gasteiger partial charge in [-0.2, -0.15) is 0 Å². The SMILES string of the molecule is O=C(O)Cc1cnc(I)c(CCl)c1C(F)F. The second-order valence-electron chi connectivity index (χ2n) is 2.97. The van der Waals surface area contributed by atoms with E-state index in [0.717, 1.165) is 6.20 Å². The van der Waals surface area contributed by atoms with Gasteiger partial charge in [0.2, 0.25) is 0 Å². The quantitative estimate of drug-likeness (QED) is 0.510. The molecule has 0 amide bonds. The van der Waals surface area contributed by atoms with Crippen molar-refractivity contribution in [2.24, 2.45) is 0 Å². The second-order valence-corrected chi connectivity index (χ2v) is 4.26. The van der Waals surface area contributed by atoms with E-state index < -0.39 is 18.8 Å². The average molecular weight is 362 g/mol. The van der Waals surface area contributed by atoms with Crippen molar-refractivity contribution in [3.05, 3.63) is 26.6 Å². The lowest BCUT2D eigenvalue weighted by Gasteiger charge is -2.12. The summed E-state index contributed by atoms with van der Waals surface area (Å²) in [6.07, 6.45) is -2.07. The maximum atomic E-state index is 12.8. The molecule has 0 fully saturated rings.